The number of para-hydroxylation sites is 1. The Kier molecular flexibility index (Phi) is 3.57. The number of fused-ring (bicyclic) bond motifs is 3. The first kappa shape index (κ1) is 15.1. The Morgan fingerprint density at radius 2 is 1.92 bits per heavy atom. The highest BCUT2D eigenvalue weighted by Gasteiger charge is 2.15. The van der Waals surface area contributed by atoms with Crippen molar-refractivity contribution in [2.75, 3.05) is 14.1 Å². The number of hydrogen-bond donors (Lipinski definition) is 0. The van der Waals surface area contributed by atoms with Gasteiger partial charge in [0.15, 0.2) is 0 Å². The fraction of sp³-hybridized carbons (Fsp3) is 0.105. The van der Waals surface area contributed by atoms with Crippen molar-refractivity contribution in [1.29, 1.82) is 0 Å². The zero-order valence-electron chi connectivity index (χ0n) is 13.8. The van der Waals surface area contributed by atoms with Crippen LogP contribution in [0.25, 0.3) is 22.1 Å². The lowest BCUT2D eigenvalue weighted by Crippen LogP contribution is -2.21. The summed E-state index contributed by atoms with van der Waals surface area (Å²) in [6.45, 7) is 0. The minimum absolute atomic E-state index is 0.0954. The lowest BCUT2D eigenvalue weighted by atomic mass is 10.2. The molecule has 4 rings (SSSR count). The minimum atomic E-state index is -0.0954. The molecule has 25 heavy (non-hydrogen) atoms. The third-order valence-electron chi connectivity index (χ3n) is 3.83. The molecule has 0 saturated heterocycles. The monoisotopic (exact) mass is 333 g/mol. The number of carbonyl (C=O) groups excluding carboxylic acids is 1. The van der Waals surface area contributed by atoms with Gasteiger partial charge in [0.1, 0.15) is 23.2 Å². The maximum absolute atomic E-state index is 12.1. The third kappa shape index (κ3) is 2.67. The van der Waals surface area contributed by atoms with Crippen LogP contribution in [0.4, 0.5) is 0 Å². The van der Waals surface area contributed by atoms with Gasteiger partial charge < -0.3 is 14.1 Å². The van der Waals surface area contributed by atoms with Crippen LogP contribution in [0.5, 0.6) is 11.6 Å². The second-order valence-electron chi connectivity index (χ2n) is 5.78. The Hall–Kier alpha value is -3.41. The number of nitrogens with zero attached hydrogens (tertiary/aromatic N) is 3. The molecule has 0 aliphatic rings. The second kappa shape index (κ2) is 5.90. The van der Waals surface area contributed by atoms with Gasteiger partial charge in [-0.3, -0.25) is 4.79 Å². The molecule has 0 atom stereocenters. The van der Waals surface area contributed by atoms with Crippen LogP contribution in [0.3, 0.4) is 0 Å². The highest BCUT2D eigenvalue weighted by Crippen LogP contribution is 2.33. The van der Waals surface area contributed by atoms with E-state index in [2.05, 4.69) is 9.97 Å². The average molecular weight is 333 g/mol. The van der Waals surface area contributed by atoms with Crippen molar-refractivity contribution < 1.29 is 13.9 Å². The highest BCUT2D eigenvalue weighted by atomic mass is 16.5. The lowest BCUT2D eigenvalue weighted by molar-refractivity contribution is 0.0827. The molecule has 0 spiro atoms. The summed E-state index contributed by atoms with van der Waals surface area (Å²) in [4.78, 5) is 22.1. The SMILES string of the molecule is CN(C)C(=O)c1cccc(Oc2ncnc3c2oc2ccccc23)c1. The van der Waals surface area contributed by atoms with Crippen LogP contribution < -0.4 is 4.74 Å². The van der Waals surface area contributed by atoms with Crippen LogP contribution in [-0.2, 0) is 0 Å². The molecule has 0 unspecified atom stereocenters. The Morgan fingerprint density at radius 1 is 1.08 bits per heavy atom. The van der Waals surface area contributed by atoms with Gasteiger partial charge >= 0.3 is 0 Å². The van der Waals surface area contributed by atoms with E-state index in [9.17, 15) is 4.79 Å². The van der Waals surface area contributed by atoms with Crippen LogP contribution in [0, 0.1) is 0 Å². The lowest BCUT2D eigenvalue weighted by Gasteiger charge is -2.11. The average Bonchev–Trinajstić information content (AvgIpc) is 3.01. The summed E-state index contributed by atoms with van der Waals surface area (Å²) in [5.41, 5.74) is 2.44. The number of ether oxygens (including phenoxy) is 1. The maximum Gasteiger partial charge on any atom is 0.267 e. The first-order valence-electron chi connectivity index (χ1n) is 7.75. The Morgan fingerprint density at radius 3 is 2.76 bits per heavy atom. The summed E-state index contributed by atoms with van der Waals surface area (Å²) in [6.07, 6.45) is 1.44. The van der Waals surface area contributed by atoms with Crippen molar-refractivity contribution in [3.05, 3.63) is 60.4 Å². The quantitative estimate of drug-likeness (QED) is 0.569. The van der Waals surface area contributed by atoms with Crippen molar-refractivity contribution in [2.45, 2.75) is 0 Å². The predicted octanol–water partition coefficient (Wildman–Crippen LogP) is 3.87. The van der Waals surface area contributed by atoms with E-state index in [-0.39, 0.29) is 5.91 Å². The number of benzene rings is 2. The van der Waals surface area contributed by atoms with E-state index < -0.39 is 0 Å². The topological polar surface area (TPSA) is 68.5 Å². The van der Waals surface area contributed by atoms with E-state index in [4.69, 9.17) is 9.15 Å². The van der Waals surface area contributed by atoms with E-state index in [0.717, 1.165) is 11.0 Å². The number of hydrogen-bond acceptors (Lipinski definition) is 5. The summed E-state index contributed by atoms with van der Waals surface area (Å²) in [5.74, 6) is 0.728. The molecule has 4 aromatic rings. The largest absolute Gasteiger partial charge is 0.449 e. The molecule has 0 bridgehead atoms. The number of aromatic nitrogens is 2. The molecule has 0 saturated carbocycles. The van der Waals surface area contributed by atoms with Crippen LogP contribution in [-0.4, -0.2) is 34.9 Å². The first-order chi connectivity index (χ1) is 12.1. The summed E-state index contributed by atoms with van der Waals surface area (Å²) in [6, 6.07) is 14.6. The molecular weight excluding hydrogens is 318 g/mol. The van der Waals surface area contributed by atoms with Gasteiger partial charge in [-0.05, 0) is 30.3 Å². The minimum Gasteiger partial charge on any atom is -0.449 e. The first-order valence-corrected chi connectivity index (χ1v) is 7.75. The molecule has 0 radical (unpaired) electrons. The normalized spacial score (nSPS) is 11.0. The van der Waals surface area contributed by atoms with Gasteiger partial charge in [0.2, 0.25) is 5.58 Å². The molecule has 0 aliphatic carbocycles. The molecule has 0 N–H and O–H groups in total. The van der Waals surface area contributed by atoms with Gasteiger partial charge in [-0.15, -0.1) is 0 Å². The Balaban J connectivity index is 1.76. The summed E-state index contributed by atoms with van der Waals surface area (Å²) in [5, 5.41) is 0.904. The van der Waals surface area contributed by atoms with Gasteiger partial charge in [-0.1, -0.05) is 18.2 Å². The molecule has 6 heteroatoms. The molecule has 0 aliphatic heterocycles. The number of amides is 1. The van der Waals surface area contributed by atoms with Crippen LogP contribution >= 0.6 is 0 Å². The molecule has 1 amide bonds. The van der Waals surface area contributed by atoms with E-state index in [1.165, 1.54) is 11.2 Å². The van der Waals surface area contributed by atoms with Crippen LogP contribution in [0.15, 0.2) is 59.3 Å². The summed E-state index contributed by atoms with van der Waals surface area (Å²) < 4.78 is 11.7. The molecule has 0 fully saturated rings. The fourth-order valence-electron chi connectivity index (χ4n) is 2.64. The standard InChI is InChI=1S/C19H15N3O3/c1-22(2)19(23)12-6-5-7-13(10-12)24-18-17-16(20-11-21-18)14-8-3-4-9-15(14)25-17/h3-11H,1-2H3. The molecule has 6 nitrogen and oxygen atoms in total. The Bertz CT molecular complexity index is 1090. The predicted molar refractivity (Wildman–Crippen MR) is 93.8 cm³/mol. The molecule has 2 aromatic carbocycles. The summed E-state index contributed by atoms with van der Waals surface area (Å²) in [7, 11) is 3.41. The fourth-order valence-corrected chi connectivity index (χ4v) is 2.64. The number of carbonyl (C=O) groups is 1. The van der Waals surface area contributed by atoms with Gasteiger partial charge in [-0.2, -0.15) is 4.98 Å². The van der Waals surface area contributed by atoms with Gasteiger partial charge in [0.05, 0.1) is 0 Å². The van der Waals surface area contributed by atoms with Crippen molar-refractivity contribution in [3.63, 3.8) is 0 Å². The zero-order chi connectivity index (χ0) is 17.4. The van der Waals surface area contributed by atoms with Gasteiger partial charge in [0, 0.05) is 25.0 Å². The maximum atomic E-state index is 12.1. The van der Waals surface area contributed by atoms with Gasteiger partial charge in [-0.25, -0.2) is 4.98 Å². The van der Waals surface area contributed by atoms with Crippen molar-refractivity contribution in [1.82, 2.24) is 14.9 Å². The number of rotatable bonds is 3. The highest BCUT2D eigenvalue weighted by molar-refractivity contribution is 6.03. The molecule has 2 aromatic heterocycles. The smallest absolute Gasteiger partial charge is 0.267 e. The molecular formula is C19H15N3O3. The van der Waals surface area contributed by atoms with E-state index in [1.807, 2.05) is 24.3 Å². The van der Waals surface area contributed by atoms with Crippen molar-refractivity contribution in [3.8, 4) is 11.6 Å². The molecule has 2 heterocycles. The Labute approximate surface area is 143 Å². The summed E-state index contributed by atoms with van der Waals surface area (Å²) >= 11 is 0. The van der Waals surface area contributed by atoms with Crippen molar-refractivity contribution >= 4 is 28.0 Å². The number of furan rings is 1. The van der Waals surface area contributed by atoms with Crippen LogP contribution in [0.1, 0.15) is 10.4 Å². The van der Waals surface area contributed by atoms with E-state index >= 15 is 0 Å². The second-order valence-corrected chi connectivity index (χ2v) is 5.78. The van der Waals surface area contributed by atoms with E-state index in [0.29, 0.717) is 28.3 Å². The van der Waals surface area contributed by atoms with Gasteiger partial charge in [0.25, 0.3) is 11.8 Å². The molecule has 124 valence electrons. The van der Waals surface area contributed by atoms with E-state index in [1.54, 1.807) is 38.4 Å². The van der Waals surface area contributed by atoms with Crippen LogP contribution in [0.2, 0.25) is 0 Å². The zero-order valence-corrected chi connectivity index (χ0v) is 13.8. The third-order valence-corrected chi connectivity index (χ3v) is 3.83. The van der Waals surface area contributed by atoms with Crippen molar-refractivity contribution in [2.24, 2.45) is 0 Å².